The molecule has 0 atom stereocenters. The van der Waals surface area contributed by atoms with Crippen LogP contribution in [0.1, 0.15) is 19.8 Å². The second kappa shape index (κ2) is 9.64. The molecule has 0 aromatic heterocycles. The molecule has 15 heteroatoms. The Morgan fingerprint density at radius 1 is 1.00 bits per heavy atom. The maximum atomic E-state index is 11.5. The van der Waals surface area contributed by atoms with E-state index in [-0.39, 0.29) is 0 Å². The van der Waals surface area contributed by atoms with Crippen LogP contribution < -0.4 is 4.13 Å². The van der Waals surface area contributed by atoms with Crippen LogP contribution in [0.3, 0.4) is 0 Å². The van der Waals surface area contributed by atoms with Crippen LogP contribution in [0.25, 0.3) is 0 Å². The van der Waals surface area contributed by atoms with Crippen LogP contribution in [0.15, 0.2) is 25.1 Å². The standard InChI is InChI=1S/C10H18N2.C2HF6NO4S2/c1-3-5-7-12-9-8-11(10-12)6-4-2;3-1(4,5)14(10,11)9-15(12,13)2(6,7)8/h4,8-9H,2-3,5-7,10H2,1H3;9H. The van der Waals surface area contributed by atoms with E-state index in [1.54, 1.807) is 0 Å². The molecule has 0 aliphatic carbocycles. The van der Waals surface area contributed by atoms with Gasteiger partial charge in [0, 0.05) is 25.5 Å². The first-order valence-electron chi connectivity index (χ1n) is 7.26. The molecule has 0 spiro atoms. The zero-order chi connectivity index (χ0) is 21.5. The lowest BCUT2D eigenvalue weighted by atomic mass is 10.3. The molecule has 1 rings (SSSR count). The van der Waals surface area contributed by atoms with Crippen molar-refractivity contribution in [1.29, 1.82) is 0 Å². The molecule has 0 unspecified atom stereocenters. The van der Waals surface area contributed by atoms with Gasteiger partial charge in [-0.2, -0.15) is 26.3 Å². The number of hydrogen-bond acceptors (Lipinski definition) is 6. The van der Waals surface area contributed by atoms with Gasteiger partial charge in [-0.1, -0.05) is 23.5 Å². The number of nitrogens with zero attached hydrogens (tertiary/aromatic N) is 2. The fraction of sp³-hybridized carbons (Fsp3) is 0.667. The Morgan fingerprint density at radius 2 is 1.44 bits per heavy atom. The van der Waals surface area contributed by atoms with E-state index in [9.17, 15) is 43.2 Å². The summed E-state index contributed by atoms with van der Waals surface area (Å²) in [4.78, 5) is 4.59. The van der Waals surface area contributed by atoms with Gasteiger partial charge in [0.1, 0.15) is 0 Å². The minimum absolute atomic E-state index is 0.493. The lowest BCUT2D eigenvalue weighted by Gasteiger charge is -2.19. The van der Waals surface area contributed by atoms with Gasteiger partial charge in [0.15, 0.2) is 0 Å². The second-order valence-electron chi connectivity index (χ2n) is 5.15. The minimum Gasteiger partial charge on any atom is -0.359 e. The van der Waals surface area contributed by atoms with Crippen molar-refractivity contribution in [1.82, 2.24) is 13.9 Å². The molecule has 27 heavy (non-hydrogen) atoms. The average molecular weight is 447 g/mol. The first-order valence-corrected chi connectivity index (χ1v) is 10.2. The Balaban J connectivity index is 0.000000511. The molecule has 0 saturated heterocycles. The smallest absolute Gasteiger partial charge is 0.359 e. The van der Waals surface area contributed by atoms with Crippen LogP contribution in [0, 0.1) is 0 Å². The third-order valence-corrected chi connectivity index (χ3v) is 5.82. The molecular formula is C12H19F6N3O4S2. The molecular weight excluding hydrogens is 428 g/mol. The molecule has 0 radical (unpaired) electrons. The van der Waals surface area contributed by atoms with Gasteiger partial charge in [-0.25, -0.2) is 16.8 Å². The van der Waals surface area contributed by atoms with Crippen LogP contribution >= 0.6 is 0 Å². The molecule has 160 valence electrons. The number of nitrogens with one attached hydrogen (secondary N) is 1. The Hall–Kier alpha value is -1.48. The molecule has 1 N–H and O–H groups in total. The summed E-state index contributed by atoms with van der Waals surface area (Å²) >= 11 is 0. The molecule has 0 bridgehead atoms. The van der Waals surface area contributed by atoms with Crippen LogP contribution in [0.5, 0.6) is 0 Å². The second-order valence-corrected chi connectivity index (χ2v) is 8.75. The van der Waals surface area contributed by atoms with E-state index >= 15 is 0 Å². The fourth-order valence-corrected chi connectivity index (χ4v) is 3.46. The number of hydrogen-bond donors (Lipinski definition) is 1. The molecule has 1 heterocycles. The van der Waals surface area contributed by atoms with Gasteiger partial charge in [0.2, 0.25) is 0 Å². The van der Waals surface area contributed by atoms with E-state index < -0.39 is 35.2 Å². The van der Waals surface area contributed by atoms with Gasteiger partial charge in [0.05, 0.1) is 6.67 Å². The van der Waals surface area contributed by atoms with E-state index in [0.717, 1.165) is 13.2 Å². The normalized spacial score (nSPS) is 15.5. The van der Waals surface area contributed by atoms with Crippen molar-refractivity contribution in [3.05, 3.63) is 25.1 Å². The van der Waals surface area contributed by atoms with Gasteiger partial charge in [-0.3, -0.25) is 0 Å². The van der Waals surface area contributed by atoms with Crippen LogP contribution in [-0.2, 0) is 20.0 Å². The Kier molecular flexibility index (Phi) is 9.11. The van der Waals surface area contributed by atoms with E-state index in [1.807, 2.05) is 6.08 Å². The molecule has 1 aliphatic heterocycles. The highest BCUT2D eigenvalue weighted by Crippen LogP contribution is 2.27. The maximum Gasteiger partial charge on any atom is 0.512 e. The molecule has 0 aromatic rings. The van der Waals surface area contributed by atoms with Crippen molar-refractivity contribution in [2.24, 2.45) is 0 Å². The Morgan fingerprint density at radius 3 is 1.81 bits per heavy atom. The summed E-state index contributed by atoms with van der Waals surface area (Å²) in [5, 5.41) is 0. The van der Waals surface area contributed by atoms with Crippen LogP contribution in [-0.4, -0.2) is 57.4 Å². The van der Waals surface area contributed by atoms with E-state index in [0.29, 0.717) is 0 Å². The quantitative estimate of drug-likeness (QED) is 0.476. The van der Waals surface area contributed by atoms with Crippen molar-refractivity contribution >= 4 is 20.0 Å². The predicted molar refractivity (Wildman–Crippen MR) is 85.6 cm³/mol. The highest BCUT2D eigenvalue weighted by atomic mass is 32.3. The Labute approximate surface area is 153 Å². The van der Waals surface area contributed by atoms with Crippen molar-refractivity contribution in [3.8, 4) is 0 Å². The summed E-state index contributed by atoms with van der Waals surface area (Å²) in [6.45, 7) is 9.11. The van der Waals surface area contributed by atoms with Crippen molar-refractivity contribution in [2.75, 3.05) is 19.8 Å². The molecule has 7 nitrogen and oxygen atoms in total. The largest absolute Gasteiger partial charge is 0.512 e. The zero-order valence-electron chi connectivity index (χ0n) is 14.1. The highest BCUT2D eigenvalue weighted by molar-refractivity contribution is 8.05. The number of rotatable bonds is 7. The van der Waals surface area contributed by atoms with Crippen molar-refractivity contribution in [2.45, 2.75) is 30.8 Å². The van der Waals surface area contributed by atoms with Crippen LogP contribution in [0.4, 0.5) is 26.3 Å². The van der Waals surface area contributed by atoms with Gasteiger partial charge < -0.3 is 9.80 Å². The SMILES string of the molecule is C=CCN1C=CN(CCCC)C1.O=S(=O)(NS(=O)(=O)C(F)(F)F)C(F)(F)F. The van der Waals surface area contributed by atoms with Gasteiger partial charge in [-0.15, -0.1) is 6.58 Å². The third-order valence-electron chi connectivity index (χ3n) is 2.84. The number of sulfonamides is 2. The molecule has 0 fully saturated rings. The summed E-state index contributed by atoms with van der Waals surface area (Å²) in [5.41, 5.74) is -12.3. The van der Waals surface area contributed by atoms with E-state index in [1.165, 1.54) is 19.4 Å². The summed E-state index contributed by atoms with van der Waals surface area (Å²) in [7, 11) is -13.2. The fourth-order valence-electron chi connectivity index (χ4n) is 1.55. The van der Waals surface area contributed by atoms with Crippen molar-refractivity contribution < 1.29 is 43.2 Å². The monoisotopic (exact) mass is 447 g/mol. The highest BCUT2D eigenvalue weighted by Gasteiger charge is 2.55. The number of alkyl halides is 6. The lowest BCUT2D eigenvalue weighted by Crippen LogP contribution is -2.45. The topological polar surface area (TPSA) is 86.8 Å². The molecule has 1 aliphatic rings. The summed E-state index contributed by atoms with van der Waals surface area (Å²) in [6.07, 6.45) is 8.79. The van der Waals surface area contributed by atoms with E-state index in [4.69, 9.17) is 0 Å². The lowest BCUT2D eigenvalue weighted by molar-refractivity contribution is -0.0476. The van der Waals surface area contributed by atoms with Gasteiger partial charge in [-0.05, 0) is 6.42 Å². The number of halogens is 6. The van der Waals surface area contributed by atoms with E-state index in [2.05, 4.69) is 35.7 Å². The van der Waals surface area contributed by atoms with Crippen molar-refractivity contribution in [3.63, 3.8) is 0 Å². The molecule has 0 amide bonds. The number of unbranched alkanes of at least 4 members (excludes halogenated alkanes) is 1. The van der Waals surface area contributed by atoms with Gasteiger partial charge in [0.25, 0.3) is 0 Å². The van der Waals surface area contributed by atoms with Crippen LogP contribution in [0.2, 0.25) is 0 Å². The predicted octanol–water partition coefficient (Wildman–Crippen LogP) is 2.29. The molecule has 0 saturated carbocycles. The van der Waals surface area contributed by atoms with Gasteiger partial charge >= 0.3 is 31.1 Å². The minimum atomic E-state index is -6.60. The summed E-state index contributed by atoms with van der Waals surface area (Å²) < 4.78 is 108. The average Bonchev–Trinajstić information content (AvgIpc) is 2.90. The first kappa shape index (κ1) is 25.5. The third kappa shape index (κ3) is 8.38. The zero-order valence-corrected chi connectivity index (χ0v) is 15.7. The first-order chi connectivity index (χ1) is 12.1. The summed E-state index contributed by atoms with van der Waals surface area (Å²) in [6, 6.07) is 0. The Bertz CT molecular complexity index is 674. The summed E-state index contributed by atoms with van der Waals surface area (Å²) in [5.74, 6) is 0. The maximum absolute atomic E-state index is 11.5. The molecule has 0 aromatic carbocycles.